The second-order valence-corrected chi connectivity index (χ2v) is 20.5. The fraction of sp³-hybridized carbons (Fsp3) is 0.560. The lowest BCUT2D eigenvalue weighted by Crippen LogP contribution is -2.30. The van der Waals surface area contributed by atoms with Crippen LogP contribution in [0, 0.1) is 0 Å². The van der Waals surface area contributed by atoms with Crippen LogP contribution < -0.4 is 0 Å². The molecule has 0 amide bonds. The molecule has 0 rings (SSSR count). The number of ether oxygens (including phenoxy) is 3. The zero-order chi connectivity index (χ0) is 58.5. The lowest BCUT2D eigenvalue weighted by atomic mass is 10.1. The minimum absolute atomic E-state index is 0.116. The highest BCUT2D eigenvalue weighted by atomic mass is 16.6. The van der Waals surface area contributed by atoms with Gasteiger partial charge < -0.3 is 14.2 Å². The van der Waals surface area contributed by atoms with Gasteiger partial charge in [-0.25, -0.2) is 0 Å². The molecule has 0 aromatic rings. The van der Waals surface area contributed by atoms with Gasteiger partial charge in [0.15, 0.2) is 6.10 Å². The summed E-state index contributed by atoms with van der Waals surface area (Å²) in [4.78, 5) is 38.4. The van der Waals surface area contributed by atoms with E-state index in [0.717, 1.165) is 167 Å². The summed E-state index contributed by atoms with van der Waals surface area (Å²) in [6.07, 6.45) is 100. The highest BCUT2D eigenvalue weighted by molar-refractivity contribution is 5.71. The van der Waals surface area contributed by atoms with Crippen molar-refractivity contribution in [3.63, 3.8) is 0 Å². The van der Waals surface area contributed by atoms with Crippen molar-refractivity contribution in [1.29, 1.82) is 0 Å². The minimum Gasteiger partial charge on any atom is -0.462 e. The van der Waals surface area contributed by atoms with Gasteiger partial charge in [-0.05, 0) is 148 Å². The minimum atomic E-state index is -0.827. The van der Waals surface area contributed by atoms with Crippen molar-refractivity contribution in [2.75, 3.05) is 13.2 Å². The van der Waals surface area contributed by atoms with Crippen molar-refractivity contribution in [3.05, 3.63) is 182 Å². The van der Waals surface area contributed by atoms with Crippen LogP contribution in [0.15, 0.2) is 182 Å². The molecule has 0 aliphatic heterocycles. The van der Waals surface area contributed by atoms with Crippen molar-refractivity contribution < 1.29 is 28.6 Å². The topological polar surface area (TPSA) is 78.9 Å². The van der Waals surface area contributed by atoms with Crippen molar-refractivity contribution in [2.24, 2.45) is 0 Å². The average molecular weight is 1110 g/mol. The Labute approximate surface area is 497 Å². The number of hydrogen-bond acceptors (Lipinski definition) is 6. The van der Waals surface area contributed by atoms with Crippen LogP contribution in [0.3, 0.4) is 0 Å². The first-order chi connectivity index (χ1) is 40.0. The van der Waals surface area contributed by atoms with E-state index in [1.807, 2.05) is 0 Å². The normalized spacial score (nSPS) is 13.4. The van der Waals surface area contributed by atoms with Crippen LogP contribution in [0.4, 0.5) is 0 Å². The van der Waals surface area contributed by atoms with Crippen molar-refractivity contribution in [3.8, 4) is 0 Å². The average Bonchev–Trinajstić information content (AvgIpc) is 3.47. The Balaban J connectivity index is 4.52. The highest BCUT2D eigenvalue weighted by Gasteiger charge is 2.19. The maximum atomic E-state index is 12.9. The first-order valence-corrected chi connectivity index (χ1v) is 32.3. The van der Waals surface area contributed by atoms with Gasteiger partial charge in [0, 0.05) is 19.3 Å². The third kappa shape index (κ3) is 65.2. The van der Waals surface area contributed by atoms with Crippen LogP contribution in [0.2, 0.25) is 0 Å². The van der Waals surface area contributed by atoms with Gasteiger partial charge in [-0.15, -0.1) is 0 Å². The Morgan fingerprint density at radius 1 is 0.247 bits per heavy atom. The summed E-state index contributed by atoms with van der Waals surface area (Å²) in [6, 6.07) is 0. The summed E-state index contributed by atoms with van der Waals surface area (Å²) in [6.45, 7) is 6.22. The Morgan fingerprint density at radius 2 is 0.457 bits per heavy atom. The predicted octanol–water partition coefficient (Wildman–Crippen LogP) is 22.4. The zero-order valence-corrected chi connectivity index (χ0v) is 51.7. The first kappa shape index (κ1) is 75.5. The molecule has 0 spiro atoms. The third-order valence-electron chi connectivity index (χ3n) is 12.9. The van der Waals surface area contributed by atoms with E-state index < -0.39 is 6.10 Å². The van der Waals surface area contributed by atoms with Gasteiger partial charge in [0.25, 0.3) is 0 Å². The number of allylic oxidation sites excluding steroid dienone is 30. The molecule has 1 atom stereocenters. The molecule has 6 nitrogen and oxygen atoms in total. The Kier molecular flexibility index (Phi) is 62.5. The molecule has 0 aromatic carbocycles. The fourth-order valence-electron chi connectivity index (χ4n) is 8.18. The Bertz CT molecular complexity index is 1900. The monoisotopic (exact) mass is 1110 g/mol. The van der Waals surface area contributed by atoms with Gasteiger partial charge in [0.1, 0.15) is 13.2 Å². The highest BCUT2D eigenvalue weighted by Crippen LogP contribution is 2.14. The standard InChI is InChI=1S/C75H116O6/c1-4-7-10-13-16-19-22-25-28-31-33-35-36-37-38-40-41-44-47-50-53-56-59-62-65-68-74(77)80-71-72(70-79-73(76)67-64-61-58-55-52-49-46-43-30-27-24-21-18-15-12-9-6-3)81-75(78)69-66-63-60-57-54-51-48-45-42-39-34-32-29-26-23-20-17-14-11-8-5-2/h7-12,16-21,25-30,33-35,37-39,45-46,48-49,55,58,72H,4-6,13-15,22-24,31-32,36,40-44,47,50-54,56-57,59-71H2,1-3H3/b10-7-,11-8-,12-9-,19-16-,20-17-,21-18-,28-25-,29-26-,30-27-,35-33-,38-37-,39-34-,48-45-,49-46-,58-55-. The molecule has 0 bridgehead atoms. The summed E-state index contributed by atoms with van der Waals surface area (Å²) in [5.74, 6) is -1.01. The molecule has 0 saturated heterocycles. The van der Waals surface area contributed by atoms with Crippen LogP contribution in [0.25, 0.3) is 0 Å². The van der Waals surface area contributed by atoms with E-state index in [2.05, 4.69) is 203 Å². The molecule has 6 heteroatoms. The van der Waals surface area contributed by atoms with E-state index in [1.165, 1.54) is 38.5 Å². The summed E-state index contributed by atoms with van der Waals surface area (Å²) < 4.78 is 16.9. The quantitative estimate of drug-likeness (QED) is 0.0261. The van der Waals surface area contributed by atoms with Crippen LogP contribution in [-0.2, 0) is 28.6 Å². The van der Waals surface area contributed by atoms with Crippen molar-refractivity contribution in [2.45, 2.75) is 258 Å². The van der Waals surface area contributed by atoms with Crippen molar-refractivity contribution >= 4 is 17.9 Å². The van der Waals surface area contributed by atoms with E-state index in [-0.39, 0.29) is 44.0 Å². The van der Waals surface area contributed by atoms with Crippen LogP contribution in [0.1, 0.15) is 252 Å². The van der Waals surface area contributed by atoms with E-state index in [0.29, 0.717) is 12.8 Å². The number of hydrogen-bond donors (Lipinski definition) is 0. The van der Waals surface area contributed by atoms with Crippen molar-refractivity contribution in [1.82, 2.24) is 0 Å². The van der Waals surface area contributed by atoms with E-state index in [4.69, 9.17) is 14.2 Å². The molecular weight excluding hydrogens is 997 g/mol. The maximum Gasteiger partial charge on any atom is 0.306 e. The third-order valence-corrected chi connectivity index (χ3v) is 12.9. The predicted molar refractivity (Wildman–Crippen MR) is 352 cm³/mol. The molecule has 0 aliphatic carbocycles. The number of rotatable bonds is 56. The summed E-state index contributed by atoms with van der Waals surface area (Å²) in [5.41, 5.74) is 0. The van der Waals surface area contributed by atoms with Gasteiger partial charge in [-0.3, -0.25) is 14.4 Å². The molecule has 0 N–H and O–H groups in total. The number of carbonyl (C=O) groups excluding carboxylic acids is 3. The Hall–Kier alpha value is -5.49. The smallest absolute Gasteiger partial charge is 0.306 e. The fourth-order valence-corrected chi connectivity index (χ4v) is 8.18. The van der Waals surface area contributed by atoms with Gasteiger partial charge in [-0.2, -0.15) is 0 Å². The molecule has 0 radical (unpaired) electrons. The molecule has 452 valence electrons. The summed E-state index contributed by atoms with van der Waals surface area (Å²) in [5, 5.41) is 0. The summed E-state index contributed by atoms with van der Waals surface area (Å²) >= 11 is 0. The lowest BCUT2D eigenvalue weighted by Gasteiger charge is -2.18. The van der Waals surface area contributed by atoms with Gasteiger partial charge in [0.2, 0.25) is 0 Å². The largest absolute Gasteiger partial charge is 0.462 e. The number of carbonyl (C=O) groups is 3. The SMILES string of the molecule is CC/C=C\C/C=C\C/C=C\C/C=C\C/C=C\CCCCCCCCCCCC(=O)OCC(COC(=O)CCC/C=C\C/C=C\C/C=C\C/C=C\C/C=C\CC)OC(=O)CCCCCCC/C=C\C/C=C\C/C=C\C/C=C\C/C=C\CC. The maximum absolute atomic E-state index is 12.9. The number of unbranched alkanes of at least 4 members (excludes halogenated alkanes) is 15. The van der Waals surface area contributed by atoms with E-state index in [9.17, 15) is 14.4 Å². The zero-order valence-electron chi connectivity index (χ0n) is 51.7. The van der Waals surface area contributed by atoms with Crippen LogP contribution >= 0.6 is 0 Å². The summed E-state index contributed by atoms with van der Waals surface area (Å²) in [7, 11) is 0. The molecule has 0 aliphatic rings. The second kappa shape index (κ2) is 67.0. The number of esters is 3. The first-order valence-electron chi connectivity index (χ1n) is 32.3. The van der Waals surface area contributed by atoms with E-state index >= 15 is 0 Å². The van der Waals surface area contributed by atoms with Gasteiger partial charge >= 0.3 is 17.9 Å². The van der Waals surface area contributed by atoms with E-state index in [1.54, 1.807) is 0 Å². The molecule has 0 aromatic heterocycles. The molecule has 81 heavy (non-hydrogen) atoms. The van der Waals surface area contributed by atoms with Gasteiger partial charge in [-0.1, -0.05) is 267 Å². The second-order valence-electron chi connectivity index (χ2n) is 20.5. The molecule has 1 unspecified atom stereocenters. The lowest BCUT2D eigenvalue weighted by molar-refractivity contribution is -0.167. The molecule has 0 fully saturated rings. The molecule has 0 heterocycles. The Morgan fingerprint density at radius 3 is 0.741 bits per heavy atom. The van der Waals surface area contributed by atoms with Gasteiger partial charge in [0.05, 0.1) is 0 Å². The van der Waals surface area contributed by atoms with Crippen LogP contribution in [0.5, 0.6) is 0 Å². The molecular formula is C75H116O6. The molecule has 0 saturated carbocycles. The van der Waals surface area contributed by atoms with Crippen LogP contribution in [-0.4, -0.2) is 37.2 Å².